The van der Waals surface area contributed by atoms with Crippen molar-refractivity contribution in [1.82, 2.24) is 0 Å². The Morgan fingerprint density at radius 3 is 2.42 bits per heavy atom. The Hall–Kier alpha value is -0.410. The van der Waals surface area contributed by atoms with Gasteiger partial charge in [0.2, 0.25) is 0 Å². The fraction of sp³-hybridized carbons (Fsp3) is 0.333. The molecule has 12 heavy (non-hydrogen) atoms. The van der Waals surface area contributed by atoms with Crippen LogP contribution in [0.15, 0.2) is 28.7 Å². The molecule has 0 aliphatic carbocycles. The van der Waals surface area contributed by atoms with Gasteiger partial charge in [-0.2, -0.15) is 0 Å². The highest BCUT2D eigenvalue weighted by Gasteiger charge is 2.05. The van der Waals surface area contributed by atoms with E-state index in [1.54, 1.807) is 12.1 Å². The number of hydrogen-bond acceptors (Lipinski definition) is 1. The van der Waals surface area contributed by atoms with Crippen LogP contribution in [0.25, 0.3) is 0 Å². The summed E-state index contributed by atoms with van der Waals surface area (Å²) in [5, 5.41) is 9.36. The van der Waals surface area contributed by atoms with Crippen LogP contribution in [0.1, 0.15) is 18.1 Å². The van der Waals surface area contributed by atoms with Crippen LogP contribution >= 0.6 is 15.9 Å². The van der Waals surface area contributed by atoms with Crippen molar-refractivity contribution in [1.29, 1.82) is 0 Å². The molecule has 1 unspecified atom stereocenters. The number of hydrogen-bond donors (Lipinski definition) is 1. The Morgan fingerprint density at radius 2 is 1.92 bits per heavy atom. The Morgan fingerprint density at radius 1 is 1.33 bits per heavy atom. The van der Waals surface area contributed by atoms with Crippen LogP contribution in [0, 0.1) is 0 Å². The van der Waals surface area contributed by atoms with Gasteiger partial charge in [-0.05, 0) is 17.7 Å². The highest BCUT2D eigenvalue weighted by atomic mass is 79.9. The molecule has 0 saturated heterocycles. The van der Waals surface area contributed by atoms with Gasteiger partial charge in [0.25, 0.3) is 0 Å². The second kappa shape index (κ2) is 4.58. The number of benzene rings is 1. The summed E-state index contributed by atoms with van der Waals surface area (Å²) in [6.45, 7) is -0.489. The maximum absolute atomic E-state index is 11.8. The van der Waals surface area contributed by atoms with E-state index in [4.69, 9.17) is 0 Å². The topological polar surface area (TPSA) is 20.2 Å². The van der Waals surface area contributed by atoms with Gasteiger partial charge < -0.3 is 5.11 Å². The molecule has 1 aromatic carbocycles. The van der Waals surface area contributed by atoms with E-state index in [2.05, 4.69) is 15.9 Å². The molecule has 0 aromatic heterocycles. The summed E-state index contributed by atoms with van der Waals surface area (Å²) in [7, 11) is 0. The highest BCUT2D eigenvalue weighted by Crippen LogP contribution is 2.19. The van der Waals surface area contributed by atoms with E-state index in [9.17, 15) is 9.50 Å². The lowest BCUT2D eigenvalue weighted by Crippen LogP contribution is -1.97. The molecule has 0 heterocycles. The molecule has 1 nitrogen and oxygen atoms in total. The summed E-state index contributed by atoms with van der Waals surface area (Å²) in [4.78, 5) is 0. The van der Waals surface area contributed by atoms with E-state index in [1.807, 2.05) is 12.1 Å². The van der Waals surface area contributed by atoms with Crippen molar-refractivity contribution in [2.45, 2.75) is 12.5 Å². The zero-order valence-electron chi connectivity index (χ0n) is 6.50. The quantitative estimate of drug-likeness (QED) is 0.850. The van der Waals surface area contributed by atoms with Crippen molar-refractivity contribution in [3.8, 4) is 0 Å². The second-order valence-electron chi connectivity index (χ2n) is 2.55. The van der Waals surface area contributed by atoms with Gasteiger partial charge in [0.1, 0.15) is 0 Å². The smallest absolute Gasteiger partial charge is 0.0922 e. The minimum absolute atomic E-state index is 0.168. The van der Waals surface area contributed by atoms with Gasteiger partial charge in [-0.3, -0.25) is 4.39 Å². The van der Waals surface area contributed by atoms with Crippen LogP contribution in [-0.2, 0) is 0 Å². The predicted octanol–water partition coefficient (Wildman–Crippen LogP) is 2.84. The van der Waals surface area contributed by atoms with E-state index in [-0.39, 0.29) is 6.42 Å². The van der Waals surface area contributed by atoms with Gasteiger partial charge in [-0.25, -0.2) is 0 Å². The molecule has 0 bridgehead atoms. The van der Waals surface area contributed by atoms with Gasteiger partial charge in [0.15, 0.2) is 0 Å². The van der Waals surface area contributed by atoms with Crippen molar-refractivity contribution < 1.29 is 9.50 Å². The molecule has 0 radical (unpaired) electrons. The molecule has 0 aliphatic rings. The monoisotopic (exact) mass is 232 g/mol. The first-order chi connectivity index (χ1) is 5.74. The Labute approximate surface area is 79.4 Å². The second-order valence-corrected chi connectivity index (χ2v) is 3.46. The van der Waals surface area contributed by atoms with Crippen molar-refractivity contribution in [3.63, 3.8) is 0 Å². The van der Waals surface area contributed by atoms with Gasteiger partial charge in [0, 0.05) is 10.9 Å². The summed E-state index contributed by atoms with van der Waals surface area (Å²) in [6.07, 6.45) is -0.509. The molecule has 0 saturated carbocycles. The average molecular weight is 233 g/mol. The van der Waals surface area contributed by atoms with E-state index >= 15 is 0 Å². The molecule has 1 rings (SSSR count). The number of halogens is 2. The maximum Gasteiger partial charge on any atom is 0.0922 e. The molecule has 66 valence electrons. The lowest BCUT2D eigenvalue weighted by Gasteiger charge is -2.07. The summed E-state index contributed by atoms with van der Waals surface area (Å²) in [6, 6.07) is 7.22. The van der Waals surface area contributed by atoms with Gasteiger partial charge in [-0.1, -0.05) is 28.1 Å². The third kappa shape index (κ3) is 2.57. The highest BCUT2D eigenvalue weighted by molar-refractivity contribution is 9.10. The maximum atomic E-state index is 11.8. The zero-order chi connectivity index (χ0) is 8.97. The molecule has 0 fully saturated rings. The minimum atomic E-state index is -0.678. The standard InChI is InChI=1S/C9H10BrFO/c10-8-3-1-7(2-4-8)9(12)5-6-11/h1-4,9,12H,5-6H2. The first-order valence-corrected chi connectivity index (χ1v) is 4.53. The summed E-state index contributed by atoms with van der Waals surface area (Å²) in [5.41, 5.74) is 0.760. The lowest BCUT2D eigenvalue weighted by atomic mass is 10.1. The molecule has 3 heteroatoms. The fourth-order valence-electron chi connectivity index (χ4n) is 0.955. The van der Waals surface area contributed by atoms with Crippen molar-refractivity contribution in [2.24, 2.45) is 0 Å². The molecule has 1 atom stereocenters. The van der Waals surface area contributed by atoms with Gasteiger partial charge in [-0.15, -0.1) is 0 Å². The fourth-order valence-corrected chi connectivity index (χ4v) is 1.22. The first-order valence-electron chi connectivity index (χ1n) is 3.73. The summed E-state index contributed by atoms with van der Waals surface area (Å²) >= 11 is 3.28. The van der Waals surface area contributed by atoms with Crippen molar-refractivity contribution in [3.05, 3.63) is 34.3 Å². The van der Waals surface area contributed by atoms with Crippen LogP contribution in [0.4, 0.5) is 4.39 Å². The molecule has 0 amide bonds. The molecular formula is C9H10BrFO. The Kier molecular flexibility index (Phi) is 3.69. The molecule has 1 N–H and O–H groups in total. The third-order valence-corrected chi connectivity index (χ3v) is 2.17. The lowest BCUT2D eigenvalue weighted by molar-refractivity contribution is 0.156. The number of aliphatic hydroxyl groups excluding tert-OH is 1. The molecule has 0 aliphatic heterocycles. The predicted molar refractivity (Wildman–Crippen MR) is 49.7 cm³/mol. The van der Waals surface area contributed by atoms with Crippen molar-refractivity contribution >= 4 is 15.9 Å². The van der Waals surface area contributed by atoms with Crippen LogP contribution in [0.3, 0.4) is 0 Å². The zero-order valence-corrected chi connectivity index (χ0v) is 8.09. The number of aliphatic hydroxyl groups is 1. The normalized spacial score (nSPS) is 12.9. The first kappa shape index (κ1) is 9.68. The molecule has 1 aromatic rings. The van der Waals surface area contributed by atoms with Crippen LogP contribution in [0.5, 0.6) is 0 Å². The van der Waals surface area contributed by atoms with Gasteiger partial charge >= 0.3 is 0 Å². The minimum Gasteiger partial charge on any atom is -0.388 e. The van der Waals surface area contributed by atoms with Crippen LogP contribution < -0.4 is 0 Å². The van der Waals surface area contributed by atoms with Crippen LogP contribution in [0.2, 0.25) is 0 Å². The SMILES string of the molecule is OC(CCF)c1ccc(Br)cc1. The van der Waals surface area contributed by atoms with E-state index in [0.29, 0.717) is 0 Å². The van der Waals surface area contributed by atoms with Crippen LogP contribution in [-0.4, -0.2) is 11.8 Å². The molecular weight excluding hydrogens is 223 g/mol. The average Bonchev–Trinajstić information content (AvgIpc) is 2.06. The number of rotatable bonds is 3. The Bertz CT molecular complexity index is 235. The van der Waals surface area contributed by atoms with Gasteiger partial charge in [0.05, 0.1) is 12.8 Å². The largest absolute Gasteiger partial charge is 0.388 e. The van der Waals surface area contributed by atoms with E-state index < -0.39 is 12.8 Å². The van der Waals surface area contributed by atoms with E-state index in [0.717, 1.165) is 10.0 Å². The van der Waals surface area contributed by atoms with E-state index in [1.165, 1.54) is 0 Å². The summed E-state index contributed by atoms with van der Waals surface area (Å²) in [5.74, 6) is 0. The summed E-state index contributed by atoms with van der Waals surface area (Å²) < 4.78 is 12.8. The number of alkyl halides is 1. The Balaban J connectivity index is 2.68. The molecule has 0 spiro atoms. The van der Waals surface area contributed by atoms with Crippen molar-refractivity contribution in [2.75, 3.05) is 6.67 Å². The third-order valence-electron chi connectivity index (χ3n) is 1.64.